The first-order valence-corrected chi connectivity index (χ1v) is 6.85. The first-order valence-electron chi connectivity index (χ1n) is 6.85. The molecule has 0 amide bonds. The Morgan fingerprint density at radius 3 is 3.05 bits per heavy atom. The predicted molar refractivity (Wildman–Crippen MR) is 74.6 cm³/mol. The van der Waals surface area contributed by atoms with Crippen LogP contribution in [0.4, 0.5) is 0 Å². The fourth-order valence-electron chi connectivity index (χ4n) is 2.30. The van der Waals surface area contributed by atoms with Crippen molar-refractivity contribution in [2.45, 2.75) is 25.0 Å². The van der Waals surface area contributed by atoms with Gasteiger partial charge in [-0.1, -0.05) is 12.1 Å². The van der Waals surface area contributed by atoms with Crippen molar-refractivity contribution >= 4 is 0 Å². The summed E-state index contributed by atoms with van der Waals surface area (Å²) in [4.78, 5) is 0. The predicted octanol–water partition coefficient (Wildman–Crippen LogP) is 2.15. The lowest BCUT2D eigenvalue weighted by atomic mass is 10.1. The van der Waals surface area contributed by atoms with Crippen molar-refractivity contribution < 1.29 is 14.2 Å². The van der Waals surface area contributed by atoms with E-state index in [2.05, 4.69) is 11.4 Å². The van der Waals surface area contributed by atoms with Crippen molar-refractivity contribution in [1.29, 1.82) is 0 Å². The van der Waals surface area contributed by atoms with E-state index >= 15 is 0 Å². The highest BCUT2D eigenvalue weighted by molar-refractivity contribution is 5.30. The van der Waals surface area contributed by atoms with E-state index in [0.29, 0.717) is 6.61 Å². The molecule has 0 radical (unpaired) electrons. The number of rotatable bonds is 7. The third-order valence-electron chi connectivity index (χ3n) is 3.36. The average molecular weight is 265 g/mol. The van der Waals surface area contributed by atoms with Crippen LogP contribution < -0.4 is 10.1 Å². The molecule has 2 unspecified atom stereocenters. The number of likely N-dealkylation sites (N-methyl/N-ethyl adjacent to an activating group) is 1. The van der Waals surface area contributed by atoms with Gasteiger partial charge in [-0.3, -0.25) is 0 Å². The van der Waals surface area contributed by atoms with Crippen molar-refractivity contribution in [2.24, 2.45) is 0 Å². The standard InChI is InChI=1S/C15H23NO3/c1-16-10-15(19-11-14-7-4-8-18-14)12-5-3-6-13(9-12)17-2/h3,5-6,9,14-16H,4,7-8,10-11H2,1-2H3. The van der Waals surface area contributed by atoms with Gasteiger partial charge in [0.15, 0.2) is 0 Å². The lowest BCUT2D eigenvalue weighted by Gasteiger charge is -2.20. The Labute approximate surface area is 115 Å². The average Bonchev–Trinajstić information content (AvgIpc) is 2.97. The topological polar surface area (TPSA) is 39.7 Å². The molecule has 106 valence electrons. The Bertz CT molecular complexity index is 377. The fraction of sp³-hybridized carbons (Fsp3) is 0.600. The van der Waals surface area contributed by atoms with Crippen molar-refractivity contribution in [3.8, 4) is 5.75 Å². The summed E-state index contributed by atoms with van der Waals surface area (Å²) in [6.45, 7) is 2.30. The SMILES string of the molecule is CNCC(OCC1CCCO1)c1cccc(OC)c1. The molecule has 0 bridgehead atoms. The molecule has 0 aliphatic carbocycles. The lowest BCUT2D eigenvalue weighted by molar-refractivity contribution is -0.0204. The number of nitrogens with one attached hydrogen (secondary N) is 1. The number of hydrogen-bond acceptors (Lipinski definition) is 4. The van der Waals surface area contributed by atoms with Gasteiger partial charge in [-0.25, -0.2) is 0 Å². The molecule has 1 aromatic carbocycles. The number of ether oxygens (including phenoxy) is 3. The Hall–Kier alpha value is -1.10. The highest BCUT2D eigenvalue weighted by Crippen LogP contribution is 2.23. The largest absolute Gasteiger partial charge is 0.497 e. The molecule has 1 N–H and O–H groups in total. The molecular formula is C15H23NO3. The van der Waals surface area contributed by atoms with Crippen LogP contribution in [0, 0.1) is 0 Å². The third kappa shape index (κ3) is 4.20. The molecule has 19 heavy (non-hydrogen) atoms. The van der Waals surface area contributed by atoms with Crippen molar-refractivity contribution in [1.82, 2.24) is 5.32 Å². The molecule has 2 atom stereocenters. The Balaban J connectivity index is 1.96. The monoisotopic (exact) mass is 265 g/mol. The minimum atomic E-state index is 0.0318. The van der Waals surface area contributed by atoms with Gasteiger partial charge < -0.3 is 19.5 Å². The van der Waals surface area contributed by atoms with Gasteiger partial charge in [0.2, 0.25) is 0 Å². The third-order valence-corrected chi connectivity index (χ3v) is 3.36. The summed E-state index contributed by atoms with van der Waals surface area (Å²) in [7, 11) is 3.61. The van der Waals surface area contributed by atoms with Crippen LogP contribution >= 0.6 is 0 Å². The van der Waals surface area contributed by atoms with E-state index in [0.717, 1.165) is 37.3 Å². The van der Waals surface area contributed by atoms with Gasteiger partial charge in [-0.05, 0) is 37.6 Å². The summed E-state index contributed by atoms with van der Waals surface area (Å²) < 4.78 is 16.9. The Kier molecular flexibility index (Phi) is 5.63. The van der Waals surface area contributed by atoms with E-state index in [1.165, 1.54) is 0 Å². The van der Waals surface area contributed by atoms with Crippen LogP contribution in [0.25, 0.3) is 0 Å². The van der Waals surface area contributed by atoms with E-state index in [9.17, 15) is 0 Å². The summed E-state index contributed by atoms with van der Waals surface area (Å²) >= 11 is 0. The lowest BCUT2D eigenvalue weighted by Crippen LogP contribution is -2.24. The molecule has 0 spiro atoms. The van der Waals surface area contributed by atoms with Crippen LogP contribution in [0.2, 0.25) is 0 Å². The second-order valence-corrected chi connectivity index (χ2v) is 4.79. The summed E-state index contributed by atoms with van der Waals surface area (Å²) in [6, 6.07) is 8.03. The van der Waals surface area contributed by atoms with E-state index in [-0.39, 0.29) is 12.2 Å². The van der Waals surface area contributed by atoms with Gasteiger partial charge in [0, 0.05) is 13.2 Å². The minimum absolute atomic E-state index is 0.0318. The summed E-state index contributed by atoms with van der Waals surface area (Å²) in [5.74, 6) is 0.860. The second-order valence-electron chi connectivity index (χ2n) is 4.79. The van der Waals surface area contributed by atoms with Gasteiger partial charge in [0.1, 0.15) is 5.75 Å². The van der Waals surface area contributed by atoms with Crippen LogP contribution in [-0.2, 0) is 9.47 Å². The minimum Gasteiger partial charge on any atom is -0.497 e. The zero-order valence-corrected chi connectivity index (χ0v) is 11.7. The molecular weight excluding hydrogens is 242 g/mol. The molecule has 2 rings (SSSR count). The molecule has 1 aliphatic rings. The van der Waals surface area contributed by atoms with E-state index in [1.54, 1.807) is 7.11 Å². The smallest absolute Gasteiger partial charge is 0.119 e. The van der Waals surface area contributed by atoms with E-state index < -0.39 is 0 Å². The quantitative estimate of drug-likeness (QED) is 0.820. The molecule has 4 nitrogen and oxygen atoms in total. The molecule has 1 aromatic rings. The summed E-state index contributed by atoms with van der Waals surface area (Å²) in [5.41, 5.74) is 1.13. The van der Waals surface area contributed by atoms with Gasteiger partial charge in [-0.2, -0.15) is 0 Å². The van der Waals surface area contributed by atoms with E-state index in [4.69, 9.17) is 14.2 Å². The van der Waals surface area contributed by atoms with Crippen LogP contribution in [0.5, 0.6) is 5.75 Å². The van der Waals surface area contributed by atoms with E-state index in [1.807, 2.05) is 25.2 Å². The second kappa shape index (κ2) is 7.48. The van der Waals surface area contributed by atoms with Gasteiger partial charge in [0.25, 0.3) is 0 Å². The van der Waals surface area contributed by atoms with Crippen LogP contribution in [0.1, 0.15) is 24.5 Å². The highest BCUT2D eigenvalue weighted by atomic mass is 16.5. The van der Waals surface area contributed by atoms with Crippen molar-refractivity contribution in [3.63, 3.8) is 0 Å². The van der Waals surface area contributed by atoms with Crippen molar-refractivity contribution in [3.05, 3.63) is 29.8 Å². The van der Waals surface area contributed by atoms with Crippen LogP contribution in [-0.4, -0.2) is 40.0 Å². The number of benzene rings is 1. The molecule has 1 saturated heterocycles. The summed E-state index contributed by atoms with van der Waals surface area (Å²) in [6.07, 6.45) is 2.53. The van der Waals surface area contributed by atoms with Crippen LogP contribution in [0.15, 0.2) is 24.3 Å². The molecule has 0 saturated carbocycles. The molecule has 1 heterocycles. The molecule has 0 aromatic heterocycles. The molecule has 4 heteroatoms. The zero-order chi connectivity index (χ0) is 13.5. The maximum absolute atomic E-state index is 6.01. The highest BCUT2D eigenvalue weighted by Gasteiger charge is 2.19. The van der Waals surface area contributed by atoms with Crippen LogP contribution in [0.3, 0.4) is 0 Å². The van der Waals surface area contributed by atoms with Crippen molar-refractivity contribution in [2.75, 3.05) is 33.9 Å². The Morgan fingerprint density at radius 2 is 2.37 bits per heavy atom. The maximum Gasteiger partial charge on any atom is 0.119 e. The Morgan fingerprint density at radius 1 is 1.47 bits per heavy atom. The van der Waals surface area contributed by atoms with Gasteiger partial charge >= 0.3 is 0 Å². The normalized spacial score (nSPS) is 20.4. The van der Waals surface area contributed by atoms with Gasteiger partial charge in [0.05, 0.1) is 25.9 Å². The molecule has 1 aliphatic heterocycles. The zero-order valence-electron chi connectivity index (χ0n) is 11.7. The fourth-order valence-corrected chi connectivity index (χ4v) is 2.30. The first kappa shape index (κ1) is 14.3. The maximum atomic E-state index is 6.01. The summed E-state index contributed by atoms with van der Waals surface area (Å²) in [5, 5.41) is 3.17. The molecule has 1 fully saturated rings. The number of hydrogen-bond donors (Lipinski definition) is 1. The van der Waals surface area contributed by atoms with Gasteiger partial charge in [-0.15, -0.1) is 0 Å². The first-order chi connectivity index (χ1) is 9.33. The number of methoxy groups -OCH3 is 1.